The number of urea groups is 1. The van der Waals surface area contributed by atoms with Crippen LogP contribution in [0.2, 0.25) is 0 Å². The number of nitrogens with zero attached hydrogens (tertiary/aromatic N) is 4. The van der Waals surface area contributed by atoms with Crippen LogP contribution >= 0.6 is 0 Å². The van der Waals surface area contributed by atoms with Crippen LogP contribution in [0.15, 0.2) is 36.8 Å². The number of imidazole rings is 1. The van der Waals surface area contributed by atoms with Crippen molar-refractivity contribution >= 4 is 23.1 Å². The van der Waals surface area contributed by atoms with E-state index >= 15 is 4.39 Å². The van der Waals surface area contributed by atoms with Crippen molar-refractivity contribution in [3.05, 3.63) is 48.2 Å². The standard InChI is InChI=1S/C28H34FN5O2/c1-18-13-24(29)25(31-28(35)34-7-5-21(16-34)19(2)20-3-4-20)15-23(18)22-14-26(32-9-11-36-12-10-32)27-30-6-8-33(27)17-22/h6,8,13-15,17,19-21H,3-5,7,9-12,16H2,1-2H3,(H,31,35). The second-order valence-electron chi connectivity index (χ2n) is 10.6. The normalized spacial score (nSPS) is 21.2. The van der Waals surface area contributed by atoms with Crippen molar-refractivity contribution < 1.29 is 13.9 Å². The minimum atomic E-state index is -0.413. The van der Waals surface area contributed by atoms with Crippen molar-refractivity contribution in [1.29, 1.82) is 0 Å². The van der Waals surface area contributed by atoms with Gasteiger partial charge in [-0.25, -0.2) is 14.2 Å². The summed E-state index contributed by atoms with van der Waals surface area (Å²) in [6.45, 7) is 8.66. The van der Waals surface area contributed by atoms with E-state index in [1.54, 1.807) is 12.3 Å². The van der Waals surface area contributed by atoms with Crippen LogP contribution in [0.5, 0.6) is 0 Å². The molecule has 1 N–H and O–H groups in total. The van der Waals surface area contributed by atoms with Crippen molar-refractivity contribution in [3.63, 3.8) is 0 Å². The Bertz CT molecular complexity index is 1280. The van der Waals surface area contributed by atoms with Gasteiger partial charge in [-0.2, -0.15) is 0 Å². The second-order valence-corrected chi connectivity index (χ2v) is 10.6. The highest BCUT2D eigenvalue weighted by atomic mass is 19.1. The number of likely N-dealkylation sites (tertiary alicyclic amines) is 1. The Morgan fingerprint density at radius 3 is 2.72 bits per heavy atom. The first-order valence-corrected chi connectivity index (χ1v) is 13.1. The average molecular weight is 492 g/mol. The van der Waals surface area contributed by atoms with Gasteiger partial charge in [-0.15, -0.1) is 0 Å². The summed E-state index contributed by atoms with van der Waals surface area (Å²) in [6.07, 6.45) is 9.40. The van der Waals surface area contributed by atoms with Gasteiger partial charge in [0.25, 0.3) is 0 Å². The number of morpholine rings is 1. The predicted octanol–water partition coefficient (Wildman–Crippen LogP) is 5.19. The van der Waals surface area contributed by atoms with Crippen LogP contribution in [0.1, 0.15) is 31.7 Å². The van der Waals surface area contributed by atoms with E-state index in [0.717, 1.165) is 66.5 Å². The molecule has 7 nitrogen and oxygen atoms in total. The zero-order valence-electron chi connectivity index (χ0n) is 21.0. The van der Waals surface area contributed by atoms with Gasteiger partial charge in [-0.05, 0) is 73.3 Å². The molecule has 1 aromatic carbocycles. The highest BCUT2D eigenvalue weighted by molar-refractivity contribution is 5.91. The molecule has 2 aromatic heterocycles. The highest BCUT2D eigenvalue weighted by Crippen LogP contribution is 2.43. The summed E-state index contributed by atoms with van der Waals surface area (Å²) in [5.74, 6) is 1.61. The zero-order valence-corrected chi connectivity index (χ0v) is 21.0. The van der Waals surface area contributed by atoms with Gasteiger partial charge in [0, 0.05) is 50.3 Å². The SMILES string of the molecule is Cc1cc(F)c(NC(=O)N2CCC(C(C)C3CC3)C2)cc1-c1cc(N2CCOCC2)c2nccn2c1. The largest absolute Gasteiger partial charge is 0.378 e. The van der Waals surface area contributed by atoms with E-state index < -0.39 is 5.82 Å². The van der Waals surface area contributed by atoms with Crippen molar-refractivity contribution in [2.24, 2.45) is 17.8 Å². The molecule has 8 heteroatoms. The smallest absolute Gasteiger partial charge is 0.321 e. The number of fused-ring (bicyclic) bond motifs is 1. The third-order valence-corrected chi connectivity index (χ3v) is 8.31. The molecule has 36 heavy (non-hydrogen) atoms. The minimum absolute atomic E-state index is 0.215. The Morgan fingerprint density at radius 1 is 1.14 bits per heavy atom. The quantitative estimate of drug-likeness (QED) is 0.534. The fraction of sp³-hybridized carbons (Fsp3) is 0.500. The number of carbonyl (C=O) groups excluding carboxylic acids is 1. The number of benzene rings is 1. The number of carbonyl (C=O) groups is 1. The summed E-state index contributed by atoms with van der Waals surface area (Å²) in [5.41, 5.74) is 4.80. The maximum Gasteiger partial charge on any atom is 0.321 e. The first-order valence-electron chi connectivity index (χ1n) is 13.1. The molecule has 2 unspecified atom stereocenters. The number of hydrogen-bond donors (Lipinski definition) is 1. The summed E-state index contributed by atoms with van der Waals surface area (Å²) in [6, 6.07) is 5.18. The molecule has 2 atom stereocenters. The van der Waals surface area contributed by atoms with Crippen LogP contribution in [0.3, 0.4) is 0 Å². The van der Waals surface area contributed by atoms with Crippen molar-refractivity contribution in [1.82, 2.24) is 14.3 Å². The molecule has 0 bridgehead atoms. The minimum Gasteiger partial charge on any atom is -0.378 e. The van der Waals surface area contributed by atoms with Crippen LogP contribution in [-0.4, -0.2) is 59.7 Å². The first-order chi connectivity index (χ1) is 17.5. The number of halogens is 1. The van der Waals surface area contributed by atoms with E-state index in [1.165, 1.54) is 18.9 Å². The lowest BCUT2D eigenvalue weighted by atomic mass is 9.89. The number of pyridine rings is 1. The van der Waals surface area contributed by atoms with Gasteiger partial charge < -0.3 is 24.3 Å². The molecule has 2 saturated heterocycles. The van der Waals surface area contributed by atoms with E-state index in [2.05, 4.69) is 28.2 Å². The van der Waals surface area contributed by atoms with E-state index in [9.17, 15) is 4.79 Å². The topological polar surface area (TPSA) is 62.1 Å². The molecule has 4 heterocycles. The molecule has 1 aliphatic carbocycles. The van der Waals surface area contributed by atoms with Crippen LogP contribution in [-0.2, 0) is 4.74 Å². The Hall–Kier alpha value is -3.13. The van der Waals surface area contributed by atoms with E-state index in [1.807, 2.05) is 28.6 Å². The van der Waals surface area contributed by atoms with Gasteiger partial charge in [-0.1, -0.05) is 6.92 Å². The van der Waals surface area contributed by atoms with Gasteiger partial charge >= 0.3 is 6.03 Å². The molecule has 2 amide bonds. The van der Waals surface area contributed by atoms with Gasteiger partial charge in [0.2, 0.25) is 0 Å². The molecule has 6 rings (SSSR count). The van der Waals surface area contributed by atoms with Crippen LogP contribution < -0.4 is 10.2 Å². The number of rotatable bonds is 5. The van der Waals surface area contributed by atoms with Gasteiger partial charge in [0.1, 0.15) is 5.82 Å². The first kappa shape index (κ1) is 23.3. The molecule has 3 aliphatic rings. The molecule has 0 spiro atoms. The molecule has 190 valence electrons. The van der Waals surface area contributed by atoms with Gasteiger partial charge in [0.05, 0.1) is 24.6 Å². The number of aromatic nitrogens is 2. The molecule has 3 fully saturated rings. The Morgan fingerprint density at radius 2 is 1.94 bits per heavy atom. The maximum absolute atomic E-state index is 15.0. The number of nitrogens with one attached hydrogen (secondary N) is 1. The lowest BCUT2D eigenvalue weighted by Gasteiger charge is -2.29. The Balaban J connectivity index is 1.27. The highest BCUT2D eigenvalue weighted by Gasteiger charge is 2.37. The van der Waals surface area contributed by atoms with Crippen LogP contribution in [0.25, 0.3) is 16.8 Å². The second kappa shape index (κ2) is 9.39. The van der Waals surface area contributed by atoms with E-state index in [0.29, 0.717) is 25.0 Å². The average Bonchev–Trinajstić information content (AvgIpc) is 3.41. The Kier molecular flexibility index (Phi) is 6.07. The summed E-state index contributed by atoms with van der Waals surface area (Å²) < 4.78 is 22.6. The van der Waals surface area contributed by atoms with Gasteiger partial charge in [-0.3, -0.25) is 0 Å². The fourth-order valence-electron chi connectivity index (χ4n) is 5.88. The monoisotopic (exact) mass is 491 g/mol. The van der Waals surface area contributed by atoms with Crippen molar-refractivity contribution in [3.8, 4) is 11.1 Å². The number of anilines is 2. The van der Waals surface area contributed by atoms with Gasteiger partial charge in [0.15, 0.2) is 5.65 Å². The zero-order chi connectivity index (χ0) is 24.8. The van der Waals surface area contributed by atoms with Crippen molar-refractivity contribution in [2.45, 2.75) is 33.1 Å². The third-order valence-electron chi connectivity index (χ3n) is 8.31. The molecule has 3 aromatic rings. The molecule has 1 saturated carbocycles. The number of ether oxygens (including phenoxy) is 1. The number of hydrogen-bond acceptors (Lipinski definition) is 4. The summed E-state index contributed by atoms with van der Waals surface area (Å²) >= 11 is 0. The van der Waals surface area contributed by atoms with Crippen LogP contribution in [0.4, 0.5) is 20.6 Å². The molecular weight excluding hydrogens is 457 g/mol. The predicted molar refractivity (Wildman–Crippen MR) is 139 cm³/mol. The van der Waals surface area contributed by atoms with Crippen LogP contribution in [0, 0.1) is 30.5 Å². The summed E-state index contributed by atoms with van der Waals surface area (Å²) in [4.78, 5) is 21.8. The lowest BCUT2D eigenvalue weighted by Crippen LogP contribution is -2.36. The summed E-state index contributed by atoms with van der Waals surface area (Å²) in [5, 5.41) is 2.87. The maximum atomic E-state index is 15.0. The molecule has 2 aliphatic heterocycles. The molecular formula is C28H34FN5O2. The van der Waals surface area contributed by atoms with E-state index in [-0.39, 0.29) is 11.7 Å². The third kappa shape index (κ3) is 4.43. The number of aryl methyl sites for hydroxylation is 1. The van der Waals surface area contributed by atoms with Crippen molar-refractivity contribution in [2.75, 3.05) is 49.6 Å². The summed E-state index contributed by atoms with van der Waals surface area (Å²) in [7, 11) is 0. The Labute approximate surface area is 211 Å². The fourth-order valence-corrected chi connectivity index (χ4v) is 5.88. The number of amides is 2. The molecule has 0 radical (unpaired) electrons. The lowest BCUT2D eigenvalue weighted by molar-refractivity contribution is 0.123. The van der Waals surface area contributed by atoms with E-state index in [4.69, 9.17) is 4.74 Å².